The quantitative estimate of drug-likeness (QED) is 0.683. The van der Waals surface area contributed by atoms with Crippen LogP contribution in [0.4, 0.5) is 0 Å². The average molecular weight is 388 g/mol. The number of ketones is 1. The Labute approximate surface area is 163 Å². The van der Waals surface area contributed by atoms with Crippen LogP contribution in [0.25, 0.3) is 0 Å². The van der Waals surface area contributed by atoms with Crippen molar-refractivity contribution in [1.29, 1.82) is 0 Å². The number of rotatable bonds is 5. The van der Waals surface area contributed by atoms with Crippen LogP contribution >= 0.6 is 23.4 Å². The first-order chi connectivity index (χ1) is 12.7. The van der Waals surface area contributed by atoms with E-state index in [4.69, 9.17) is 16.3 Å². The molecule has 0 amide bonds. The number of Topliss-reactive ketones (excluding diaryl/α,β-unsaturated/α-hetero) is 1. The Morgan fingerprint density at radius 2 is 2.12 bits per heavy atom. The Morgan fingerprint density at radius 1 is 1.27 bits per heavy atom. The minimum absolute atomic E-state index is 0.0973. The molecule has 1 atom stereocenters. The first-order valence-corrected chi connectivity index (χ1v) is 10.5. The highest BCUT2D eigenvalue weighted by atomic mass is 35.5. The van der Waals surface area contributed by atoms with E-state index < -0.39 is 0 Å². The third-order valence-corrected chi connectivity index (χ3v) is 6.44. The Kier molecular flexibility index (Phi) is 5.53. The van der Waals surface area contributed by atoms with E-state index in [9.17, 15) is 4.79 Å². The fourth-order valence-electron chi connectivity index (χ4n) is 3.71. The Hall–Kier alpha value is -1.49. The summed E-state index contributed by atoms with van der Waals surface area (Å²) in [6.07, 6.45) is 1.65. The summed E-state index contributed by atoms with van der Waals surface area (Å²) < 4.78 is 5.67. The Morgan fingerprint density at radius 3 is 2.96 bits per heavy atom. The van der Waals surface area contributed by atoms with E-state index in [1.807, 2.05) is 12.1 Å². The maximum Gasteiger partial charge on any atom is 0.165 e. The van der Waals surface area contributed by atoms with Crippen molar-refractivity contribution < 1.29 is 9.53 Å². The molecule has 0 radical (unpaired) electrons. The van der Waals surface area contributed by atoms with Crippen LogP contribution in [0.2, 0.25) is 5.02 Å². The zero-order valence-corrected chi connectivity index (χ0v) is 16.2. The molecule has 2 aromatic rings. The van der Waals surface area contributed by atoms with Gasteiger partial charge in [0.05, 0.1) is 16.5 Å². The number of carbonyl (C=O) groups excluding carboxylic acids is 1. The molecule has 1 unspecified atom stereocenters. The number of fused-ring (bicyclic) bond motifs is 1. The highest BCUT2D eigenvalue weighted by Gasteiger charge is 2.25. The second kappa shape index (κ2) is 8.03. The molecule has 5 heteroatoms. The number of hydrogen-bond acceptors (Lipinski definition) is 4. The molecule has 0 aromatic heterocycles. The van der Waals surface area contributed by atoms with Crippen molar-refractivity contribution in [3.8, 4) is 5.75 Å². The molecule has 0 bridgehead atoms. The maximum atomic E-state index is 12.7. The molecule has 1 fully saturated rings. The van der Waals surface area contributed by atoms with Gasteiger partial charge in [-0.25, -0.2) is 0 Å². The zero-order valence-electron chi connectivity index (χ0n) is 14.6. The molecule has 3 nitrogen and oxygen atoms in total. The van der Waals surface area contributed by atoms with Gasteiger partial charge in [-0.3, -0.25) is 4.79 Å². The summed E-state index contributed by atoms with van der Waals surface area (Å²) in [5.41, 5.74) is 1.99. The lowest BCUT2D eigenvalue weighted by molar-refractivity contribution is 0.0968. The number of hydrogen-bond donors (Lipinski definition) is 0. The summed E-state index contributed by atoms with van der Waals surface area (Å²) in [5, 5.41) is 0.537. The minimum atomic E-state index is 0.0973. The molecule has 2 aliphatic heterocycles. The van der Waals surface area contributed by atoms with Crippen molar-refractivity contribution >= 4 is 29.1 Å². The molecular formula is C21H22ClNO2S. The molecule has 0 N–H and O–H groups in total. The van der Waals surface area contributed by atoms with Gasteiger partial charge in [0.15, 0.2) is 5.78 Å². The topological polar surface area (TPSA) is 29.5 Å². The van der Waals surface area contributed by atoms with E-state index in [0.29, 0.717) is 29.5 Å². The Bertz CT molecular complexity index is 796. The lowest BCUT2D eigenvalue weighted by atomic mass is 9.99. The van der Waals surface area contributed by atoms with E-state index in [2.05, 4.69) is 35.2 Å². The van der Waals surface area contributed by atoms with Crippen LogP contribution < -0.4 is 4.74 Å². The fraction of sp³-hybridized carbons (Fsp3) is 0.381. The summed E-state index contributed by atoms with van der Waals surface area (Å²) in [6.45, 7) is 3.53. The minimum Gasteiger partial charge on any atom is -0.492 e. The number of ether oxygens (including phenoxy) is 1. The first-order valence-electron chi connectivity index (χ1n) is 9.10. The summed E-state index contributed by atoms with van der Waals surface area (Å²) in [5.74, 6) is 2.39. The van der Waals surface area contributed by atoms with Gasteiger partial charge in [-0.15, -0.1) is 11.8 Å². The molecule has 0 saturated carbocycles. The molecule has 26 heavy (non-hydrogen) atoms. The van der Waals surface area contributed by atoms with E-state index >= 15 is 0 Å². The molecule has 0 aliphatic carbocycles. The predicted molar refractivity (Wildman–Crippen MR) is 107 cm³/mol. The molecule has 136 valence electrons. The van der Waals surface area contributed by atoms with Crippen molar-refractivity contribution in [2.45, 2.75) is 23.7 Å². The third kappa shape index (κ3) is 3.93. The normalized spacial score (nSPS) is 19.8. The van der Waals surface area contributed by atoms with Gasteiger partial charge in [0, 0.05) is 30.8 Å². The fourth-order valence-corrected chi connectivity index (χ4v) is 4.89. The number of benzene rings is 2. The van der Waals surface area contributed by atoms with Crippen LogP contribution in [-0.2, 0) is 0 Å². The lowest BCUT2D eigenvalue weighted by Crippen LogP contribution is -2.24. The molecule has 2 heterocycles. The molecular weight excluding hydrogens is 366 g/mol. The van der Waals surface area contributed by atoms with Gasteiger partial charge in [-0.2, -0.15) is 0 Å². The zero-order chi connectivity index (χ0) is 17.9. The molecule has 2 aliphatic rings. The summed E-state index contributed by atoms with van der Waals surface area (Å²) >= 11 is 8.08. The maximum absolute atomic E-state index is 12.7. The van der Waals surface area contributed by atoms with Crippen LogP contribution in [0, 0.1) is 0 Å². The van der Waals surface area contributed by atoms with Crippen LogP contribution in [0.3, 0.4) is 0 Å². The highest BCUT2D eigenvalue weighted by molar-refractivity contribution is 7.99. The lowest BCUT2D eigenvalue weighted by Gasteiger charge is -2.19. The SMILES string of the molecule is O=C(CCN1CCC(c2ccccc2)C1)c1cc2c(cc1Cl)SCCO2. The largest absolute Gasteiger partial charge is 0.492 e. The van der Waals surface area contributed by atoms with E-state index in [-0.39, 0.29) is 5.78 Å². The van der Waals surface area contributed by atoms with Gasteiger partial charge in [-0.1, -0.05) is 41.9 Å². The predicted octanol–water partition coefficient (Wildman–Crippen LogP) is 4.89. The number of carbonyl (C=O) groups is 1. The van der Waals surface area contributed by atoms with Crippen LogP contribution in [0.1, 0.15) is 34.7 Å². The van der Waals surface area contributed by atoms with Gasteiger partial charge in [0.2, 0.25) is 0 Å². The van der Waals surface area contributed by atoms with E-state index in [0.717, 1.165) is 42.5 Å². The van der Waals surface area contributed by atoms with Crippen molar-refractivity contribution in [1.82, 2.24) is 4.90 Å². The van der Waals surface area contributed by atoms with Crippen LogP contribution in [0.15, 0.2) is 47.4 Å². The van der Waals surface area contributed by atoms with Crippen LogP contribution in [0.5, 0.6) is 5.75 Å². The van der Waals surface area contributed by atoms with Gasteiger partial charge >= 0.3 is 0 Å². The Balaban J connectivity index is 1.36. The second-order valence-corrected chi connectivity index (χ2v) is 8.39. The van der Waals surface area contributed by atoms with Crippen molar-refractivity contribution in [3.05, 3.63) is 58.6 Å². The standard InChI is InChI=1S/C21H22ClNO2S/c22-18-13-21-20(25-10-11-26-21)12-17(18)19(24)7-9-23-8-6-16(14-23)15-4-2-1-3-5-15/h1-5,12-13,16H,6-11,14H2. The van der Waals surface area contributed by atoms with Gasteiger partial charge in [0.1, 0.15) is 5.75 Å². The number of thioether (sulfide) groups is 1. The monoisotopic (exact) mass is 387 g/mol. The molecule has 2 aromatic carbocycles. The first kappa shape index (κ1) is 17.9. The highest BCUT2D eigenvalue weighted by Crippen LogP contribution is 2.37. The van der Waals surface area contributed by atoms with Crippen LogP contribution in [-0.4, -0.2) is 42.7 Å². The van der Waals surface area contributed by atoms with E-state index in [1.165, 1.54) is 5.56 Å². The molecule has 1 saturated heterocycles. The summed E-state index contributed by atoms with van der Waals surface area (Å²) in [6, 6.07) is 14.3. The summed E-state index contributed by atoms with van der Waals surface area (Å²) in [4.78, 5) is 16.1. The summed E-state index contributed by atoms with van der Waals surface area (Å²) in [7, 11) is 0. The molecule has 4 rings (SSSR count). The average Bonchev–Trinajstić information content (AvgIpc) is 3.15. The second-order valence-electron chi connectivity index (χ2n) is 6.85. The smallest absolute Gasteiger partial charge is 0.165 e. The number of halogens is 1. The van der Waals surface area contributed by atoms with Gasteiger partial charge < -0.3 is 9.64 Å². The van der Waals surface area contributed by atoms with Crippen molar-refractivity contribution in [3.63, 3.8) is 0 Å². The van der Waals surface area contributed by atoms with Gasteiger partial charge in [0.25, 0.3) is 0 Å². The third-order valence-electron chi connectivity index (χ3n) is 5.13. The molecule has 0 spiro atoms. The van der Waals surface area contributed by atoms with Crippen molar-refractivity contribution in [2.24, 2.45) is 0 Å². The van der Waals surface area contributed by atoms with Crippen molar-refractivity contribution in [2.75, 3.05) is 32.0 Å². The number of likely N-dealkylation sites (tertiary alicyclic amines) is 1. The van der Waals surface area contributed by atoms with Gasteiger partial charge in [-0.05, 0) is 36.6 Å². The number of nitrogens with zero attached hydrogens (tertiary/aromatic N) is 1. The van der Waals surface area contributed by atoms with E-state index in [1.54, 1.807) is 11.8 Å².